The maximum absolute atomic E-state index is 13.0. The molecule has 8 nitrogen and oxygen atoms in total. The zero-order valence-electron chi connectivity index (χ0n) is 19.3. The molecule has 0 bridgehead atoms. The van der Waals surface area contributed by atoms with Gasteiger partial charge in [0.1, 0.15) is 4.90 Å². The molecule has 0 saturated carbocycles. The first-order valence-corrected chi connectivity index (χ1v) is 12.3. The molecule has 0 radical (unpaired) electrons. The molecular weight excluding hydrogens is 430 g/mol. The van der Waals surface area contributed by atoms with Crippen molar-refractivity contribution in [3.05, 3.63) is 48.3 Å². The lowest BCUT2D eigenvalue weighted by Crippen LogP contribution is -2.41. The van der Waals surface area contributed by atoms with Gasteiger partial charge in [-0.25, -0.2) is 8.42 Å². The molecule has 1 aromatic heterocycles. The van der Waals surface area contributed by atoms with Crippen molar-refractivity contribution in [2.45, 2.75) is 45.1 Å². The fourth-order valence-corrected chi connectivity index (χ4v) is 4.17. The number of sulfonamides is 1. The van der Waals surface area contributed by atoms with Crippen molar-refractivity contribution in [3.63, 3.8) is 0 Å². The van der Waals surface area contributed by atoms with Crippen LogP contribution in [0, 0.1) is 0 Å². The van der Waals surface area contributed by atoms with Crippen LogP contribution in [0.25, 0.3) is 0 Å². The Balaban J connectivity index is 2.15. The van der Waals surface area contributed by atoms with Crippen LogP contribution < -0.4 is 9.47 Å². The Labute approximate surface area is 191 Å². The standard InChI is InChI=1S/C23H33N3O5S/c1-5-13-26(17-19-10-11-21(31-14-6-2)22(15-19)30-7-3)23(27)18-25(4)32(28,29)20-9-8-12-24-16-20/h8-12,15-16H,5-7,13-14,17-18H2,1-4H3. The first kappa shape index (κ1) is 25.6. The molecule has 0 spiro atoms. The molecule has 176 valence electrons. The molecule has 9 heteroatoms. The van der Waals surface area contributed by atoms with E-state index in [0.29, 0.717) is 37.8 Å². The summed E-state index contributed by atoms with van der Waals surface area (Å²) in [6, 6.07) is 8.64. The molecule has 0 saturated heterocycles. The highest BCUT2D eigenvalue weighted by molar-refractivity contribution is 7.89. The van der Waals surface area contributed by atoms with Crippen LogP contribution in [0.2, 0.25) is 0 Å². The number of rotatable bonds is 13. The van der Waals surface area contributed by atoms with Gasteiger partial charge in [0.05, 0.1) is 19.8 Å². The molecule has 0 N–H and O–H groups in total. The summed E-state index contributed by atoms with van der Waals surface area (Å²) in [5.41, 5.74) is 0.886. The van der Waals surface area contributed by atoms with Gasteiger partial charge in [0.15, 0.2) is 11.5 Å². The van der Waals surface area contributed by atoms with Crippen LogP contribution in [0.5, 0.6) is 11.5 Å². The quantitative estimate of drug-likeness (QED) is 0.453. The number of hydrogen-bond acceptors (Lipinski definition) is 6. The number of aromatic nitrogens is 1. The smallest absolute Gasteiger partial charge is 0.244 e. The zero-order valence-corrected chi connectivity index (χ0v) is 20.1. The first-order chi connectivity index (χ1) is 15.3. The third-order valence-corrected chi connectivity index (χ3v) is 6.48. The number of carbonyl (C=O) groups excluding carboxylic acids is 1. The van der Waals surface area contributed by atoms with Gasteiger partial charge in [0.25, 0.3) is 0 Å². The molecule has 2 rings (SSSR count). The highest BCUT2D eigenvalue weighted by atomic mass is 32.2. The Bertz CT molecular complexity index is 967. The second-order valence-corrected chi connectivity index (χ2v) is 9.37. The topological polar surface area (TPSA) is 89.0 Å². The highest BCUT2D eigenvalue weighted by Gasteiger charge is 2.25. The summed E-state index contributed by atoms with van der Waals surface area (Å²) in [4.78, 5) is 18.6. The van der Waals surface area contributed by atoms with Crippen LogP contribution in [0.4, 0.5) is 0 Å². The summed E-state index contributed by atoms with van der Waals surface area (Å²) < 4.78 is 38.0. The third kappa shape index (κ3) is 6.93. The molecule has 0 aliphatic heterocycles. The number of likely N-dealkylation sites (N-methyl/N-ethyl adjacent to an activating group) is 1. The largest absolute Gasteiger partial charge is 0.490 e. The van der Waals surface area contributed by atoms with E-state index in [1.54, 1.807) is 11.0 Å². The van der Waals surface area contributed by atoms with Crippen LogP contribution >= 0.6 is 0 Å². The maximum Gasteiger partial charge on any atom is 0.244 e. The Morgan fingerprint density at radius 2 is 1.84 bits per heavy atom. The molecular formula is C23H33N3O5S. The van der Waals surface area contributed by atoms with E-state index in [9.17, 15) is 13.2 Å². The highest BCUT2D eigenvalue weighted by Crippen LogP contribution is 2.29. The summed E-state index contributed by atoms with van der Waals surface area (Å²) in [6.07, 6.45) is 4.42. The van der Waals surface area contributed by atoms with Crippen LogP contribution in [-0.4, -0.2) is 61.9 Å². The Morgan fingerprint density at radius 1 is 1.06 bits per heavy atom. The van der Waals surface area contributed by atoms with E-state index in [1.807, 2.05) is 39.0 Å². The van der Waals surface area contributed by atoms with Gasteiger partial charge in [-0.2, -0.15) is 4.31 Å². The number of ether oxygens (including phenoxy) is 2. The molecule has 1 amide bonds. The number of amides is 1. The molecule has 1 aromatic carbocycles. The summed E-state index contributed by atoms with van der Waals surface area (Å²) >= 11 is 0. The van der Waals surface area contributed by atoms with Gasteiger partial charge in [-0.05, 0) is 49.6 Å². The van der Waals surface area contributed by atoms with Crippen molar-refractivity contribution in [1.82, 2.24) is 14.2 Å². The van der Waals surface area contributed by atoms with Gasteiger partial charge in [-0.1, -0.05) is 19.9 Å². The minimum absolute atomic E-state index is 0.0568. The van der Waals surface area contributed by atoms with Crippen molar-refractivity contribution in [3.8, 4) is 11.5 Å². The van der Waals surface area contributed by atoms with Crippen LogP contribution in [-0.2, 0) is 21.4 Å². The van der Waals surface area contributed by atoms with Gasteiger partial charge in [-0.3, -0.25) is 9.78 Å². The van der Waals surface area contributed by atoms with Crippen molar-refractivity contribution in [2.24, 2.45) is 0 Å². The number of hydrogen-bond donors (Lipinski definition) is 0. The molecule has 2 aromatic rings. The van der Waals surface area contributed by atoms with Crippen LogP contribution in [0.3, 0.4) is 0 Å². The third-order valence-electron chi connectivity index (χ3n) is 4.69. The van der Waals surface area contributed by atoms with Crippen LogP contribution in [0.15, 0.2) is 47.6 Å². The van der Waals surface area contributed by atoms with E-state index in [1.165, 1.54) is 25.5 Å². The monoisotopic (exact) mass is 463 g/mol. The predicted octanol–water partition coefficient (Wildman–Crippen LogP) is 3.33. The average molecular weight is 464 g/mol. The van der Waals surface area contributed by atoms with Gasteiger partial charge < -0.3 is 14.4 Å². The van der Waals surface area contributed by atoms with Gasteiger partial charge in [-0.15, -0.1) is 0 Å². The second-order valence-electron chi connectivity index (χ2n) is 7.33. The Kier molecular flexibility index (Phi) is 9.93. The van der Waals surface area contributed by atoms with Gasteiger partial charge in [0, 0.05) is 32.5 Å². The molecule has 0 fully saturated rings. The predicted molar refractivity (Wildman–Crippen MR) is 123 cm³/mol. The minimum atomic E-state index is -3.80. The van der Waals surface area contributed by atoms with Crippen molar-refractivity contribution in [2.75, 3.05) is 33.4 Å². The van der Waals surface area contributed by atoms with Gasteiger partial charge >= 0.3 is 0 Å². The molecule has 32 heavy (non-hydrogen) atoms. The minimum Gasteiger partial charge on any atom is -0.490 e. The normalized spacial score (nSPS) is 11.4. The summed E-state index contributed by atoms with van der Waals surface area (Å²) in [5, 5.41) is 0. The van der Waals surface area contributed by atoms with E-state index >= 15 is 0 Å². The molecule has 0 atom stereocenters. The SMILES string of the molecule is CCCOc1ccc(CN(CCC)C(=O)CN(C)S(=O)(=O)c2cccnc2)cc1OCC. The van der Waals surface area contributed by atoms with E-state index in [2.05, 4.69) is 4.98 Å². The summed E-state index contributed by atoms with van der Waals surface area (Å²) in [6.45, 7) is 7.62. The number of benzene rings is 1. The van der Waals surface area contributed by atoms with Gasteiger partial charge in [0.2, 0.25) is 15.9 Å². The van der Waals surface area contributed by atoms with Crippen LogP contribution in [0.1, 0.15) is 39.2 Å². The number of pyridine rings is 1. The van der Waals surface area contributed by atoms with E-state index < -0.39 is 10.0 Å². The lowest BCUT2D eigenvalue weighted by Gasteiger charge is -2.25. The lowest BCUT2D eigenvalue weighted by atomic mass is 10.1. The average Bonchev–Trinajstić information content (AvgIpc) is 2.79. The van der Waals surface area contributed by atoms with E-state index in [-0.39, 0.29) is 17.3 Å². The number of nitrogens with zero attached hydrogens (tertiary/aromatic N) is 3. The molecule has 0 aliphatic rings. The van der Waals surface area contributed by atoms with E-state index in [4.69, 9.17) is 9.47 Å². The number of carbonyl (C=O) groups is 1. The van der Waals surface area contributed by atoms with Crippen molar-refractivity contribution < 1.29 is 22.7 Å². The Hall–Kier alpha value is -2.65. The second kappa shape index (κ2) is 12.4. The lowest BCUT2D eigenvalue weighted by molar-refractivity contribution is -0.131. The molecule has 0 unspecified atom stereocenters. The maximum atomic E-state index is 13.0. The molecule has 1 heterocycles. The summed E-state index contributed by atoms with van der Waals surface area (Å²) in [7, 11) is -2.40. The fourth-order valence-electron chi connectivity index (χ4n) is 3.09. The Morgan fingerprint density at radius 3 is 2.47 bits per heavy atom. The van der Waals surface area contributed by atoms with Crippen molar-refractivity contribution >= 4 is 15.9 Å². The fraction of sp³-hybridized carbons (Fsp3) is 0.478. The summed E-state index contributed by atoms with van der Waals surface area (Å²) in [5.74, 6) is 1.04. The van der Waals surface area contributed by atoms with E-state index in [0.717, 1.165) is 22.7 Å². The zero-order chi connectivity index (χ0) is 23.6. The van der Waals surface area contributed by atoms with Crippen molar-refractivity contribution in [1.29, 1.82) is 0 Å². The first-order valence-electron chi connectivity index (χ1n) is 10.9. The molecule has 0 aliphatic carbocycles.